The molecule has 2 aliphatic heterocycles. The molecule has 106 heavy (non-hydrogen) atoms. The third kappa shape index (κ3) is 13.5. The van der Waals surface area contributed by atoms with E-state index >= 15 is 0 Å². The number of anilines is 1. The maximum Gasteiger partial charge on any atom is 0.346 e. The Morgan fingerprint density at radius 3 is 0.915 bits per heavy atom. The lowest BCUT2D eigenvalue weighted by Crippen LogP contribution is -2.24. The molecule has 0 unspecified atom stereocenters. The van der Waals surface area contributed by atoms with Crippen LogP contribution in [0.25, 0.3) is 86.5 Å². The highest BCUT2D eigenvalue weighted by molar-refractivity contribution is 6.46. The fraction of sp³-hybridized carbons (Fsp3) is 0.367. The van der Waals surface area contributed by atoms with E-state index in [1.165, 1.54) is 40.8 Å². The monoisotopic (exact) mass is 1410 g/mol. The van der Waals surface area contributed by atoms with Crippen LogP contribution in [-0.2, 0) is 26.4 Å². The number of cyclic esters (lactones) is 2. The number of fused-ring (bicyclic) bond motifs is 4. The Morgan fingerprint density at radius 1 is 0.292 bits per heavy atom. The highest BCUT2D eigenvalue weighted by Crippen LogP contribution is 2.58. The van der Waals surface area contributed by atoms with E-state index in [0.717, 1.165) is 126 Å². The second-order valence-corrected chi connectivity index (χ2v) is 38.5. The van der Waals surface area contributed by atoms with E-state index in [9.17, 15) is 9.59 Å². The molecule has 2 heterocycles. The van der Waals surface area contributed by atoms with Gasteiger partial charge in [0.25, 0.3) is 0 Å². The first-order valence-corrected chi connectivity index (χ1v) is 38.5. The molecule has 1 fully saturated rings. The zero-order valence-electron chi connectivity index (χ0n) is 66.2. The van der Waals surface area contributed by atoms with Gasteiger partial charge in [-0.25, -0.2) is 9.59 Å². The average Bonchev–Trinajstić information content (AvgIpc) is 0.708. The lowest BCUT2D eigenvalue weighted by molar-refractivity contribution is 0.0390. The van der Waals surface area contributed by atoms with Crippen molar-refractivity contribution in [1.82, 2.24) is 0 Å². The van der Waals surface area contributed by atoms with Crippen molar-refractivity contribution >= 4 is 93.0 Å². The minimum Gasteiger partial charge on any atom is -0.457 e. The summed E-state index contributed by atoms with van der Waals surface area (Å²) in [5, 5.41) is 12.2. The topological polar surface area (TPSA) is 83.5 Å². The number of esters is 2. The maximum absolute atomic E-state index is 14.6. The van der Waals surface area contributed by atoms with Crippen molar-refractivity contribution in [3.8, 4) is 57.1 Å². The second-order valence-electron chi connectivity index (χ2n) is 38.5. The molecule has 0 atom stereocenters. The van der Waals surface area contributed by atoms with Crippen LogP contribution in [0.2, 0.25) is 0 Å². The van der Waals surface area contributed by atoms with E-state index in [1.807, 2.05) is 24.3 Å². The van der Waals surface area contributed by atoms with E-state index in [1.54, 1.807) is 12.1 Å². The molecule has 544 valence electrons. The SMILES string of the molecule is CC(C)(C)CC(C)(C)c1ccc(Oc2ccc3c(-c4ccc(N5CCCC5)cc4)cc(Oc4ccc(C(C)(C)CC(C)(C)C)cc4)c4c5ccc6c7c(Oc8ccc(C(C)(C)CC(C)(C)C)cc8)cc8c9c(cc(Oc%10ccc(C(C)(C)CC(C)(C)C)cc%10)c(c%10ccc(c2c34)c5c%106)c97)C(=O)OC8=O)cc1. The van der Waals surface area contributed by atoms with Crippen LogP contribution in [0.15, 0.2) is 176 Å². The Balaban J connectivity index is 1.04. The van der Waals surface area contributed by atoms with Gasteiger partial charge in [-0.3, -0.25) is 0 Å². The zero-order valence-corrected chi connectivity index (χ0v) is 66.2. The van der Waals surface area contributed by atoms with Gasteiger partial charge in [-0.1, -0.05) is 223 Å². The summed E-state index contributed by atoms with van der Waals surface area (Å²) < 4.78 is 35.4. The molecule has 0 spiro atoms. The zero-order chi connectivity index (χ0) is 75.3. The van der Waals surface area contributed by atoms with Crippen molar-refractivity contribution in [2.45, 2.75) is 199 Å². The predicted octanol–water partition coefficient (Wildman–Crippen LogP) is 28.2. The Hall–Kier alpha value is -9.66. The first-order valence-electron chi connectivity index (χ1n) is 38.5. The van der Waals surface area contributed by atoms with Gasteiger partial charge in [0.2, 0.25) is 0 Å². The molecule has 2 aliphatic rings. The van der Waals surface area contributed by atoms with Crippen molar-refractivity contribution in [2.24, 2.45) is 21.7 Å². The Kier molecular flexibility index (Phi) is 17.3. The van der Waals surface area contributed by atoms with Gasteiger partial charge in [0.05, 0.1) is 11.1 Å². The van der Waals surface area contributed by atoms with Crippen molar-refractivity contribution in [2.75, 3.05) is 18.0 Å². The summed E-state index contributed by atoms with van der Waals surface area (Å²) in [4.78, 5) is 31.7. The molecule has 0 aromatic heterocycles. The van der Waals surface area contributed by atoms with Gasteiger partial charge >= 0.3 is 11.9 Å². The molecule has 8 heteroatoms. The van der Waals surface area contributed by atoms with Gasteiger partial charge in [-0.05, 0) is 244 Å². The minimum atomic E-state index is -0.740. The molecule has 0 bridgehead atoms. The van der Waals surface area contributed by atoms with Crippen LogP contribution in [0.4, 0.5) is 5.69 Å². The molecule has 1 saturated heterocycles. The van der Waals surface area contributed by atoms with Crippen LogP contribution >= 0.6 is 0 Å². The molecular weight excluding hydrogens is 1300 g/mol. The van der Waals surface area contributed by atoms with Crippen LogP contribution in [-0.4, -0.2) is 25.0 Å². The van der Waals surface area contributed by atoms with Crippen LogP contribution in [0.1, 0.15) is 220 Å². The number of ether oxygens (including phenoxy) is 5. The molecule has 13 aromatic carbocycles. The molecule has 0 amide bonds. The van der Waals surface area contributed by atoms with Crippen molar-refractivity contribution in [3.05, 3.63) is 209 Å². The third-order valence-electron chi connectivity index (χ3n) is 22.4. The van der Waals surface area contributed by atoms with E-state index in [4.69, 9.17) is 23.7 Å². The molecule has 15 rings (SSSR count). The lowest BCUT2D eigenvalue weighted by atomic mass is 9.72. The number of rotatable bonds is 18. The minimum absolute atomic E-state index is 0.0814. The predicted molar refractivity (Wildman–Crippen MR) is 442 cm³/mol. The number of carbonyl (C=O) groups is 2. The van der Waals surface area contributed by atoms with Gasteiger partial charge in [0.15, 0.2) is 0 Å². The maximum atomic E-state index is 14.6. The van der Waals surface area contributed by atoms with Crippen molar-refractivity contribution in [3.63, 3.8) is 0 Å². The highest BCUT2D eigenvalue weighted by Gasteiger charge is 2.37. The van der Waals surface area contributed by atoms with E-state index in [-0.39, 0.29) is 54.4 Å². The third-order valence-corrected chi connectivity index (χ3v) is 22.4. The van der Waals surface area contributed by atoms with Gasteiger partial charge in [-0.2, -0.15) is 0 Å². The van der Waals surface area contributed by atoms with Gasteiger partial charge in [-0.15, -0.1) is 0 Å². The first kappa shape index (κ1) is 71.9. The summed E-state index contributed by atoms with van der Waals surface area (Å²) >= 11 is 0. The molecule has 0 radical (unpaired) electrons. The normalized spacial score (nSPS) is 14.5. The molecule has 0 saturated carbocycles. The van der Waals surface area contributed by atoms with Crippen LogP contribution < -0.4 is 23.8 Å². The summed E-state index contributed by atoms with van der Waals surface area (Å²) in [5.41, 5.74) is 8.72. The fourth-order valence-corrected chi connectivity index (χ4v) is 19.5. The van der Waals surface area contributed by atoms with Gasteiger partial charge in [0.1, 0.15) is 46.0 Å². The Bertz CT molecular complexity index is 5390. The summed E-state index contributed by atoms with van der Waals surface area (Å²) in [5.74, 6) is 3.43. The average molecular weight is 1410 g/mol. The number of nitrogens with zero attached hydrogens (tertiary/aromatic N) is 1. The van der Waals surface area contributed by atoms with Gasteiger partial charge < -0.3 is 28.6 Å². The summed E-state index contributed by atoms with van der Waals surface area (Å²) in [6.07, 6.45) is 6.35. The standard InChI is InChI=1S/C98H105NO7/c1-91(2,3)54-95(13,14)59-25-35-64(36-26-59)102-76-48-47-68-73(58-23-33-63(34-24-58)99-49-21-22-50-99)51-77(103-65-37-27-60(28-38-65)96(15,16)55-92(4,5)6)84-70-44-46-72-81-71(45-43-69(80(70)81)83(76)87(68)84)85-78(104-66-39-29-61(30-40-66)97(17,18)56-93(7,8)9)52-74-82-75(90(101)106-89(74)100)53-79(86(72)88(82)85)105-67-41-31-62(32-42-67)98(19,20)57-94(10,11)12/h23-48,51-53H,21-22,49-50,54-57H2,1-20H3. The number of benzene rings is 13. The summed E-state index contributed by atoms with van der Waals surface area (Å²) in [6.45, 7) is 48.2. The van der Waals surface area contributed by atoms with Crippen LogP contribution in [0.3, 0.4) is 0 Å². The molecule has 0 aliphatic carbocycles. The van der Waals surface area contributed by atoms with Crippen molar-refractivity contribution in [1.29, 1.82) is 0 Å². The summed E-state index contributed by atoms with van der Waals surface area (Å²) in [7, 11) is 0. The van der Waals surface area contributed by atoms with Gasteiger partial charge in [0, 0.05) is 56.5 Å². The van der Waals surface area contributed by atoms with E-state index in [2.05, 4.69) is 283 Å². The molecule has 0 N–H and O–H groups in total. The van der Waals surface area contributed by atoms with Crippen molar-refractivity contribution < 1.29 is 33.3 Å². The smallest absolute Gasteiger partial charge is 0.346 e. The molecular formula is C98H105NO7. The van der Waals surface area contributed by atoms with E-state index in [0.29, 0.717) is 45.3 Å². The lowest BCUT2D eigenvalue weighted by Gasteiger charge is -2.33. The number of hydrogen-bond donors (Lipinski definition) is 0. The highest BCUT2D eigenvalue weighted by atomic mass is 16.6. The largest absolute Gasteiger partial charge is 0.457 e. The van der Waals surface area contributed by atoms with Crippen LogP contribution in [0.5, 0.6) is 46.0 Å². The molecule has 8 nitrogen and oxygen atoms in total. The number of hydrogen-bond acceptors (Lipinski definition) is 8. The Morgan fingerprint density at radius 2 is 0.585 bits per heavy atom. The fourth-order valence-electron chi connectivity index (χ4n) is 19.5. The second kappa shape index (κ2) is 25.5. The quantitative estimate of drug-likeness (QED) is 0.0364. The molecule has 13 aromatic rings. The Labute approximate surface area is 627 Å². The first-order chi connectivity index (χ1) is 49.8. The van der Waals surface area contributed by atoms with E-state index < -0.39 is 11.9 Å². The summed E-state index contributed by atoms with van der Waals surface area (Å²) in [6, 6.07) is 62.5. The number of carbonyl (C=O) groups excluding carboxylic acids is 2. The van der Waals surface area contributed by atoms with Crippen LogP contribution in [0, 0.1) is 21.7 Å².